The molecule has 0 heterocycles. The van der Waals surface area contributed by atoms with Crippen molar-refractivity contribution in [2.24, 2.45) is 5.92 Å². The van der Waals surface area contributed by atoms with Gasteiger partial charge in [0.05, 0.1) is 25.3 Å². The van der Waals surface area contributed by atoms with Crippen molar-refractivity contribution in [3.63, 3.8) is 0 Å². The SMILES string of the molecule is COC(=O)c1ccc(O[C@@H](C(C)C)[C@@H](CO[Si](C)(C)C(C)(C)C)NC(=O)OC(C)(C)C)cc1. The zero-order valence-corrected chi connectivity index (χ0v) is 23.2. The van der Waals surface area contributed by atoms with Gasteiger partial charge in [0, 0.05) is 0 Å². The molecular formula is C25H43NO6Si. The van der Waals surface area contributed by atoms with Crippen LogP contribution in [0.1, 0.15) is 65.7 Å². The van der Waals surface area contributed by atoms with Crippen molar-refractivity contribution in [1.82, 2.24) is 5.32 Å². The monoisotopic (exact) mass is 481 g/mol. The Bertz CT molecular complexity index is 778. The average Bonchev–Trinajstić information content (AvgIpc) is 2.66. The van der Waals surface area contributed by atoms with Gasteiger partial charge < -0.3 is 24.0 Å². The van der Waals surface area contributed by atoms with E-state index in [9.17, 15) is 9.59 Å². The summed E-state index contributed by atoms with van der Waals surface area (Å²) < 4.78 is 23.0. The maximum Gasteiger partial charge on any atom is 0.408 e. The molecular weight excluding hydrogens is 438 g/mol. The lowest BCUT2D eigenvalue weighted by atomic mass is 10.00. The molecule has 0 saturated carbocycles. The summed E-state index contributed by atoms with van der Waals surface area (Å²) >= 11 is 0. The van der Waals surface area contributed by atoms with E-state index in [0.717, 1.165) is 0 Å². The average molecular weight is 482 g/mol. The minimum Gasteiger partial charge on any atom is -0.488 e. The summed E-state index contributed by atoms with van der Waals surface area (Å²) in [6.07, 6.45) is -0.895. The number of rotatable bonds is 9. The van der Waals surface area contributed by atoms with Gasteiger partial charge in [-0.15, -0.1) is 0 Å². The number of amides is 1. The fourth-order valence-corrected chi connectivity index (χ4v) is 3.85. The van der Waals surface area contributed by atoms with Gasteiger partial charge in [-0.25, -0.2) is 9.59 Å². The van der Waals surface area contributed by atoms with Crippen LogP contribution in [0.3, 0.4) is 0 Å². The normalized spacial score (nSPS) is 14.4. The van der Waals surface area contributed by atoms with Crippen molar-refractivity contribution in [2.75, 3.05) is 13.7 Å². The van der Waals surface area contributed by atoms with Gasteiger partial charge in [-0.1, -0.05) is 34.6 Å². The molecule has 0 saturated heterocycles. The van der Waals surface area contributed by atoms with Crippen LogP contribution in [-0.4, -0.2) is 51.8 Å². The first-order valence-corrected chi connectivity index (χ1v) is 14.4. The molecule has 0 aliphatic heterocycles. The van der Waals surface area contributed by atoms with Crippen LogP contribution >= 0.6 is 0 Å². The summed E-state index contributed by atoms with van der Waals surface area (Å²) in [6.45, 7) is 20.7. The van der Waals surface area contributed by atoms with Gasteiger partial charge in [0.2, 0.25) is 0 Å². The second-order valence-electron chi connectivity index (χ2n) is 11.2. The number of ether oxygens (including phenoxy) is 3. The Kier molecular flexibility index (Phi) is 9.99. The summed E-state index contributed by atoms with van der Waals surface area (Å²) in [5.41, 5.74) is -0.178. The van der Waals surface area contributed by atoms with Gasteiger partial charge in [0.1, 0.15) is 17.5 Å². The first-order chi connectivity index (χ1) is 15.0. The molecule has 2 atom stereocenters. The number of alkyl carbamates (subject to hydrolysis) is 1. The minimum atomic E-state index is -2.06. The molecule has 0 bridgehead atoms. The number of esters is 1. The molecule has 8 heteroatoms. The highest BCUT2D eigenvalue weighted by molar-refractivity contribution is 6.74. The van der Waals surface area contributed by atoms with E-state index in [-0.39, 0.29) is 17.1 Å². The predicted octanol–water partition coefficient (Wildman–Crippen LogP) is 5.79. The van der Waals surface area contributed by atoms with E-state index in [2.05, 4.69) is 39.2 Å². The smallest absolute Gasteiger partial charge is 0.408 e. The second-order valence-corrected chi connectivity index (χ2v) is 16.0. The van der Waals surface area contributed by atoms with E-state index in [4.69, 9.17) is 18.6 Å². The van der Waals surface area contributed by atoms with Gasteiger partial charge >= 0.3 is 12.1 Å². The summed E-state index contributed by atoms with van der Waals surface area (Å²) in [5.74, 6) is 0.243. The zero-order chi connectivity index (χ0) is 25.6. The summed E-state index contributed by atoms with van der Waals surface area (Å²) in [7, 11) is -0.717. The third kappa shape index (κ3) is 9.37. The number of hydrogen-bond donors (Lipinski definition) is 1. The summed E-state index contributed by atoms with van der Waals surface area (Å²) in [6, 6.07) is 6.32. The molecule has 1 amide bonds. The molecule has 1 aromatic carbocycles. The highest BCUT2D eigenvalue weighted by atomic mass is 28.4. The largest absolute Gasteiger partial charge is 0.488 e. The molecule has 0 unspecified atom stereocenters. The summed E-state index contributed by atoms with van der Waals surface area (Å²) in [5, 5.41) is 3.00. The first kappa shape index (κ1) is 29.0. The van der Waals surface area contributed by atoms with Crippen LogP contribution in [0.15, 0.2) is 24.3 Å². The molecule has 33 heavy (non-hydrogen) atoms. The van der Waals surface area contributed by atoms with Gasteiger partial charge in [0.25, 0.3) is 0 Å². The van der Waals surface area contributed by atoms with Crippen LogP contribution in [0, 0.1) is 5.92 Å². The standard InChI is InChI=1S/C25H43NO6Si/c1-17(2)21(31-19-14-12-18(13-15-19)22(27)29-9)20(26-23(28)32-24(3,4)5)16-30-33(10,11)25(6,7)8/h12-15,17,20-21H,16H2,1-11H3,(H,26,28)/t20-,21+/m1/s1. The lowest BCUT2D eigenvalue weighted by Gasteiger charge is -2.39. The fraction of sp³-hybridized carbons (Fsp3) is 0.680. The highest BCUT2D eigenvalue weighted by Crippen LogP contribution is 2.36. The summed E-state index contributed by atoms with van der Waals surface area (Å²) in [4.78, 5) is 24.4. The van der Waals surface area contributed by atoms with Crippen molar-refractivity contribution in [3.8, 4) is 5.75 Å². The van der Waals surface area contributed by atoms with Gasteiger partial charge in [-0.2, -0.15) is 0 Å². The van der Waals surface area contributed by atoms with Crippen LogP contribution in [0.5, 0.6) is 5.75 Å². The van der Waals surface area contributed by atoms with Gasteiger partial charge in [-0.05, 0) is 69.1 Å². The molecule has 1 N–H and O–H groups in total. The molecule has 0 radical (unpaired) electrons. The van der Waals surface area contributed by atoms with E-state index in [0.29, 0.717) is 17.9 Å². The van der Waals surface area contributed by atoms with Gasteiger partial charge in [-0.3, -0.25) is 0 Å². The third-order valence-corrected chi connectivity index (χ3v) is 10.2. The van der Waals surface area contributed by atoms with E-state index in [1.807, 2.05) is 34.6 Å². The molecule has 0 fully saturated rings. The maximum absolute atomic E-state index is 12.6. The number of methoxy groups -OCH3 is 1. The van der Waals surface area contributed by atoms with Gasteiger partial charge in [0.15, 0.2) is 8.32 Å². The quantitative estimate of drug-likeness (QED) is 0.355. The van der Waals surface area contributed by atoms with Crippen LogP contribution in [0.25, 0.3) is 0 Å². The topological polar surface area (TPSA) is 83.1 Å². The van der Waals surface area contributed by atoms with Crippen LogP contribution in [0.2, 0.25) is 18.1 Å². The molecule has 0 aromatic heterocycles. The molecule has 0 aliphatic carbocycles. The fourth-order valence-electron chi connectivity index (χ4n) is 2.82. The van der Waals surface area contributed by atoms with Crippen molar-refractivity contribution in [1.29, 1.82) is 0 Å². The Morgan fingerprint density at radius 2 is 1.55 bits per heavy atom. The van der Waals surface area contributed by atoms with Crippen LogP contribution in [-0.2, 0) is 13.9 Å². The number of hydrogen-bond acceptors (Lipinski definition) is 6. The van der Waals surface area contributed by atoms with Crippen molar-refractivity contribution in [2.45, 2.75) is 91.3 Å². The Morgan fingerprint density at radius 1 is 1.00 bits per heavy atom. The number of carbonyl (C=O) groups excluding carboxylic acids is 2. The van der Waals surface area contributed by atoms with Crippen molar-refractivity contribution >= 4 is 20.4 Å². The van der Waals surface area contributed by atoms with Crippen LogP contribution in [0.4, 0.5) is 4.79 Å². The Labute approximate surface area is 200 Å². The molecule has 7 nitrogen and oxygen atoms in total. The van der Waals surface area contributed by atoms with E-state index >= 15 is 0 Å². The lowest BCUT2D eigenvalue weighted by molar-refractivity contribution is 0.0330. The first-order valence-electron chi connectivity index (χ1n) is 11.5. The van der Waals surface area contributed by atoms with Crippen LogP contribution < -0.4 is 10.1 Å². The van der Waals surface area contributed by atoms with E-state index < -0.39 is 32.0 Å². The molecule has 1 aromatic rings. The number of carbonyl (C=O) groups is 2. The molecule has 1 rings (SSSR count). The second kappa shape index (κ2) is 11.4. The van der Waals surface area contributed by atoms with Crippen molar-refractivity contribution in [3.05, 3.63) is 29.8 Å². The minimum absolute atomic E-state index is 0.0291. The third-order valence-electron chi connectivity index (χ3n) is 5.73. The number of benzene rings is 1. The molecule has 0 spiro atoms. The Morgan fingerprint density at radius 3 is 1.97 bits per heavy atom. The highest BCUT2D eigenvalue weighted by Gasteiger charge is 2.39. The lowest BCUT2D eigenvalue weighted by Crippen LogP contribution is -2.54. The maximum atomic E-state index is 12.6. The number of nitrogens with one attached hydrogen (secondary N) is 1. The Balaban J connectivity index is 3.15. The Hall–Kier alpha value is -2.06. The zero-order valence-electron chi connectivity index (χ0n) is 22.2. The molecule has 0 aliphatic rings. The molecule has 188 valence electrons. The van der Waals surface area contributed by atoms with E-state index in [1.165, 1.54) is 7.11 Å². The predicted molar refractivity (Wildman–Crippen MR) is 133 cm³/mol. The van der Waals surface area contributed by atoms with E-state index in [1.54, 1.807) is 24.3 Å². The van der Waals surface area contributed by atoms with Crippen molar-refractivity contribution < 1.29 is 28.2 Å².